The van der Waals surface area contributed by atoms with Gasteiger partial charge in [-0.25, -0.2) is 9.67 Å². The first-order valence-electron chi connectivity index (χ1n) is 9.44. The first-order valence-corrected chi connectivity index (χ1v) is 9.44. The van der Waals surface area contributed by atoms with E-state index in [0.717, 1.165) is 22.6 Å². The molecule has 0 aliphatic carbocycles. The molecule has 6 heteroatoms. The number of carbonyl (C=O) groups is 1. The molecule has 1 atom stereocenters. The summed E-state index contributed by atoms with van der Waals surface area (Å²) >= 11 is 0. The molecule has 0 fully saturated rings. The van der Waals surface area contributed by atoms with Crippen LogP contribution in [0.5, 0.6) is 5.75 Å². The van der Waals surface area contributed by atoms with Crippen molar-refractivity contribution in [3.05, 3.63) is 72.3 Å². The summed E-state index contributed by atoms with van der Waals surface area (Å²) in [6.07, 6.45) is 4.32. The molecule has 0 radical (unpaired) electrons. The van der Waals surface area contributed by atoms with Crippen molar-refractivity contribution in [3.63, 3.8) is 0 Å². The van der Waals surface area contributed by atoms with Crippen LogP contribution in [0.25, 0.3) is 5.69 Å². The number of benzene rings is 2. The number of aromatic nitrogens is 3. The van der Waals surface area contributed by atoms with E-state index in [1.54, 1.807) is 15.9 Å². The number of hydrogen-bond acceptors (Lipinski definition) is 4. The summed E-state index contributed by atoms with van der Waals surface area (Å²) in [5.41, 5.74) is 3.18. The summed E-state index contributed by atoms with van der Waals surface area (Å²) in [5.74, 6) is 0.960. The van der Waals surface area contributed by atoms with E-state index in [0.29, 0.717) is 19.4 Å². The van der Waals surface area contributed by atoms with Gasteiger partial charge < -0.3 is 9.64 Å². The second-order valence-electron chi connectivity index (χ2n) is 6.88. The van der Waals surface area contributed by atoms with Crippen molar-refractivity contribution in [2.45, 2.75) is 32.7 Å². The van der Waals surface area contributed by atoms with Crippen molar-refractivity contribution in [2.24, 2.45) is 0 Å². The second kappa shape index (κ2) is 9.17. The largest absolute Gasteiger partial charge is 0.494 e. The lowest BCUT2D eigenvalue weighted by Gasteiger charge is -2.25. The number of hydrogen-bond donors (Lipinski definition) is 0. The highest BCUT2D eigenvalue weighted by Crippen LogP contribution is 2.21. The number of rotatable bonds is 8. The molecular formula is C22H26N4O2. The Morgan fingerprint density at radius 3 is 2.68 bits per heavy atom. The van der Waals surface area contributed by atoms with E-state index in [-0.39, 0.29) is 11.9 Å². The van der Waals surface area contributed by atoms with Gasteiger partial charge in [0.2, 0.25) is 5.91 Å². The minimum absolute atomic E-state index is 0.00464. The van der Waals surface area contributed by atoms with Crippen LogP contribution < -0.4 is 4.74 Å². The molecule has 3 rings (SSSR count). The van der Waals surface area contributed by atoms with Gasteiger partial charge in [-0.15, -0.1) is 0 Å². The molecule has 6 nitrogen and oxygen atoms in total. The van der Waals surface area contributed by atoms with Gasteiger partial charge >= 0.3 is 0 Å². The van der Waals surface area contributed by atoms with E-state index < -0.39 is 0 Å². The smallest absolute Gasteiger partial charge is 0.222 e. The summed E-state index contributed by atoms with van der Waals surface area (Å²) in [6, 6.07) is 15.9. The molecule has 1 heterocycles. The molecule has 28 heavy (non-hydrogen) atoms. The van der Waals surface area contributed by atoms with E-state index in [1.807, 2.05) is 69.4 Å². The maximum absolute atomic E-state index is 12.5. The lowest BCUT2D eigenvalue weighted by molar-refractivity contribution is -0.132. The maximum atomic E-state index is 12.5. The van der Waals surface area contributed by atoms with Crippen molar-refractivity contribution >= 4 is 5.91 Å². The topological polar surface area (TPSA) is 60.2 Å². The fourth-order valence-corrected chi connectivity index (χ4v) is 2.98. The van der Waals surface area contributed by atoms with Gasteiger partial charge in [0.1, 0.15) is 18.4 Å². The first kappa shape index (κ1) is 19.6. The van der Waals surface area contributed by atoms with Crippen LogP contribution in [0, 0.1) is 6.92 Å². The summed E-state index contributed by atoms with van der Waals surface area (Å²) in [7, 11) is 1.85. The molecule has 0 saturated carbocycles. The molecule has 2 aromatic carbocycles. The van der Waals surface area contributed by atoms with E-state index in [1.165, 1.54) is 6.33 Å². The molecule has 146 valence electrons. The fourth-order valence-electron chi connectivity index (χ4n) is 2.98. The molecular weight excluding hydrogens is 352 g/mol. The monoisotopic (exact) mass is 378 g/mol. The van der Waals surface area contributed by atoms with Crippen molar-refractivity contribution in [1.82, 2.24) is 19.7 Å². The van der Waals surface area contributed by atoms with Gasteiger partial charge in [0.05, 0.1) is 18.3 Å². The van der Waals surface area contributed by atoms with Crippen LogP contribution in [-0.4, -0.2) is 39.2 Å². The Morgan fingerprint density at radius 1 is 1.21 bits per heavy atom. The van der Waals surface area contributed by atoms with Gasteiger partial charge in [0.15, 0.2) is 0 Å². The van der Waals surface area contributed by atoms with Crippen LogP contribution in [0.2, 0.25) is 0 Å². The van der Waals surface area contributed by atoms with Gasteiger partial charge in [0, 0.05) is 13.5 Å². The normalized spacial score (nSPS) is 11.8. The van der Waals surface area contributed by atoms with Gasteiger partial charge in [-0.3, -0.25) is 4.79 Å². The number of nitrogens with zero attached hydrogens (tertiary/aromatic N) is 4. The third kappa shape index (κ3) is 4.97. The molecule has 0 bridgehead atoms. The van der Waals surface area contributed by atoms with E-state index in [9.17, 15) is 4.79 Å². The van der Waals surface area contributed by atoms with E-state index >= 15 is 0 Å². The summed E-state index contributed by atoms with van der Waals surface area (Å²) in [5, 5.41) is 4.12. The molecule has 1 aromatic heterocycles. The molecule has 0 saturated heterocycles. The fraction of sp³-hybridized carbons (Fsp3) is 0.318. The molecule has 0 aliphatic heterocycles. The zero-order valence-corrected chi connectivity index (χ0v) is 16.6. The minimum Gasteiger partial charge on any atom is -0.494 e. The number of amides is 1. The zero-order chi connectivity index (χ0) is 19.9. The van der Waals surface area contributed by atoms with Crippen molar-refractivity contribution in [3.8, 4) is 11.4 Å². The average Bonchev–Trinajstić information content (AvgIpc) is 3.25. The van der Waals surface area contributed by atoms with Crippen molar-refractivity contribution in [2.75, 3.05) is 13.7 Å². The van der Waals surface area contributed by atoms with E-state index in [2.05, 4.69) is 10.1 Å². The Hall–Kier alpha value is -3.15. The lowest BCUT2D eigenvalue weighted by Crippen LogP contribution is -2.29. The molecule has 0 aliphatic rings. The second-order valence-corrected chi connectivity index (χ2v) is 6.88. The summed E-state index contributed by atoms with van der Waals surface area (Å²) < 4.78 is 7.43. The van der Waals surface area contributed by atoms with Crippen molar-refractivity contribution in [1.29, 1.82) is 0 Å². The third-order valence-electron chi connectivity index (χ3n) is 4.83. The van der Waals surface area contributed by atoms with Crippen LogP contribution >= 0.6 is 0 Å². The Labute approximate surface area is 165 Å². The van der Waals surface area contributed by atoms with Crippen LogP contribution in [0.3, 0.4) is 0 Å². The molecule has 0 spiro atoms. The van der Waals surface area contributed by atoms with Crippen LogP contribution in [0.1, 0.15) is 36.9 Å². The SMILES string of the molecule is Cc1cccc(OCCCC(=O)N(C)[C@H](C)c2ccc(-n3cncn3)cc2)c1. The van der Waals surface area contributed by atoms with Gasteiger partial charge in [-0.2, -0.15) is 5.10 Å². The maximum Gasteiger partial charge on any atom is 0.222 e. The molecule has 3 aromatic rings. The predicted molar refractivity (Wildman–Crippen MR) is 108 cm³/mol. The number of aryl methyl sites for hydroxylation is 1. The van der Waals surface area contributed by atoms with Crippen LogP contribution in [-0.2, 0) is 4.79 Å². The summed E-state index contributed by atoms with van der Waals surface area (Å²) in [4.78, 5) is 18.3. The van der Waals surface area contributed by atoms with Crippen molar-refractivity contribution < 1.29 is 9.53 Å². The van der Waals surface area contributed by atoms with Gasteiger partial charge in [-0.1, -0.05) is 24.3 Å². The van der Waals surface area contributed by atoms with Gasteiger partial charge in [-0.05, 0) is 55.7 Å². The first-order chi connectivity index (χ1) is 13.5. The highest BCUT2D eigenvalue weighted by atomic mass is 16.5. The summed E-state index contributed by atoms with van der Waals surface area (Å²) in [6.45, 7) is 4.60. The van der Waals surface area contributed by atoms with E-state index in [4.69, 9.17) is 4.74 Å². The molecule has 0 N–H and O–H groups in total. The van der Waals surface area contributed by atoms with Gasteiger partial charge in [0.25, 0.3) is 0 Å². The van der Waals surface area contributed by atoms with Crippen LogP contribution in [0.15, 0.2) is 61.2 Å². The Morgan fingerprint density at radius 2 is 2.00 bits per heavy atom. The number of ether oxygens (including phenoxy) is 1. The highest BCUT2D eigenvalue weighted by molar-refractivity contribution is 5.76. The van der Waals surface area contributed by atoms with Crippen LogP contribution in [0.4, 0.5) is 0 Å². The number of carbonyl (C=O) groups excluding carboxylic acids is 1. The Balaban J connectivity index is 1.48. The minimum atomic E-state index is -0.00464. The standard InChI is InChI=1S/C22H26N4O2/c1-17-6-4-7-21(14-17)28-13-5-8-22(27)25(3)18(2)19-9-11-20(12-10-19)26-16-23-15-24-26/h4,6-7,9-12,14-16,18H,5,8,13H2,1-3H3/t18-/m1/s1. The average molecular weight is 378 g/mol. The predicted octanol–water partition coefficient (Wildman–Crippen LogP) is 3.95. The highest BCUT2D eigenvalue weighted by Gasteiger charge is 2.17. The zero-order valence-electron chi connectivity index (χ0n) is 16.6. The lowest BCUT2D eigenvalue weighted by atomic mass is 10.1. The third-order valence-corrected chi connectivity index (χ3v) is 4.83. The quantitative estimate of drug-likeness (QED) is 0.557. The Kier molecular flexibility index (Phi) is 6.42. The molecule has 1 amide bonds. The molecule has 0 unspecified atom stereocenters. The Bertz CT molecular complexity index is 891.